The van der Waals surface area contributed by atoms with E-state index in [1.54, 1.807) is 0 Å². The lowest BCUT2D eigenvalue weighted by atomic mass is 9.95. The van der Waals surface area contributed by atoms with Crippen molar-refractivity contribution in [3.8, 4) is 0 Å². The number of carbonyl (C=O) groups is 1. The Morgan fingerprint density at radius 3 is 2.67 bits per heavy atom. The Hall–Kier alpha value is -1.11. The Kier molecular flexibility index (Phi) is 2.90. The van der Waals surface area contributed by atoms with E-state index in [1.165, 1.54) is 16.7 Å². The molecule has 0 bridgehead atoms. The average molecular weight is 202 g/mol. The third-order valence-electron chi connectivity index (χ3n) is 3.19. The summed E-state index contributed by atoms with van der Waals surface area (Å²) in [4.78, 5) is 11.5. The van der Waals surface area contributed by atoms with Crippen LogP contribution < -0.4 is 0 Å². The predicted molar refractivity (Wildman–Crippen MR) is 62.2 cm³/mol. The molecule has 0 N–H and O–H groups in total. The van der Waals surface area contributed by atoms with Gasteiger partial charge >= 0.3 is 0 Å². The number of aryl methyl sites for hydroxylation is 1. The number of hydrogen-bond donors (Lipinski definition) is 0. The summed E-state index contributed by atoms with van der Waals surface area (Å²) in [5.41, 5.74) is 4.00. The highest BCUT2D eigenvalue weighted by Gasteiger charge is 2.14. The summed E-state index contributed by atoms with van der Waals surface area (Å²) in [5.74, 6) is 0.948. The lowest BCUT2D eigenvalue weighted by molar-refractivity contribution is -0.118. The molecular formula is C14H18O. The lowest BCUT2D eigenvalue weighted by Crippen LogP contribution is -2.01. The first-order valence-corrected chi connectivity index (χ1v) is 5.80. The second-order valence-corrected chi connectivity index (χ2v) is 4.75. The van der Waals surface area contributed by atoms with Gasteiger partial charge in [-0.05, 0) is 35.4 Å². The molecule has 80 valence electrons. The van der Waals surface area contributed by atoms with Crippen molar-refractivity contribution in [3.63, 3.8) is 0 Å². The minimum atomic E-state index is 0.398. The summed E-state index contributed by atoms with van der Waals surface area (Å²) >= 11 is 0. The van der Waals surface area contributed by atoms with Gasteiger partial charge in [-0.15, -0.1) is 0 Å². The third kappa shape index (κ3) is 2.28. The second-order valence-electron chi connectivity index (χ2n) is 4.75. The Bertz CT molecular complexity index is 377. The normalized spacial score (nSPS) is 16.3. The van der Waals surface area contributed by atoms with Crippen molar-refractivity contribution in [1.82, 2.24) is 0 Å². The molecule has 0 saturated heterocycles. The molecule has 1 aliphatic rings. The highest BCUT2D eigenvalue weighted by Crippen LogP contribution is 2.23. The number of Topliss-reactive ketones (excluding diaryl/α,β-unsaturated/α-hetero) is 1. The summed E-state index contributed by atoms with van der Waals surface area (Å²) in [6.07, 6.45) is 3.49. The van der Waals surface area contributed by atoms with Crippen LogP contribution >= 0.6 is 0 Å². The van der Waals surface area contributed by atoms with Gasteiger partial charge in [0.25, 0.3) is 0 Å². The molecule has 0 radical (unpaired) electrons. The molecule has 2 rings (SSSR count). The molecular weight excluding hydrogens is 184 g/mol. The standard InChI is InChI=1S/C14H18O/c1-10(2)12-7-6-11-4-3-5-14(15)9-13(11)8-12/h6-8,10H,3-5,9H2,1-2H3. The summed E-state index contributed by atoms with van der Waals surface area (Å²) < 4.78 is 0. The van der Waals surface area contributed by atoms with Crippen molar-refractivity contribution in [2.75, 3.05) is 0 Å². The van der Waals surface area contributed by atoms with Gasteiger partial charge in [-0.2, -0.15) is 0 Å². The van der Waals surface area contributed by atoms with E-state index in [2.05, 4.69) is 32.0 Å². The van der Waals surface area contributed by atoms with Crippen molar-refractivity contribution < 1.29 is 4.79 Å². The maximum absolute atomic E-state index is 11.5. The van der Waals surface area contributed by atoms with E-state index in [0.717, 1.165) is 19.3 Å². The van der Waals surface area contributed by atoms with Gasteiger partial charge in [0.05, 0.1) is 0 Å². The van der Waals surface area contributed by atoms with Gasteiger partial charge in [-0.25, -0.2) is 0 Å². The molecule has 0 amide bonds. The van der Waals surface area contributed by atoms with Gasteiger partial charge in [0.15, 0.2) is 0 Å². The van der Waals surface area contributed by atoms with Gasteiger partial charge < -0.3 is 0 Å². The molecule has 15 heavy (non-hydrogen) atoms. The zero-order chi connectivity index (χ0) is 10.8. The fraction of sp³-hybridized carbons (Fsp3) is 0.500. The molecule has 1 aliphatic carbocycles. The monoisotopic (exact) mass is 202 g/mol. The molecule has 1 nitrogen and oxygen atoms in total. The summed E-state index contributed by atoms with van der Waals surface area (Å²) in [5, 5.41) is 0. The maximum atomic E-state index is 11.5. The van der Waals surface area contributed by atoms with Crippen LogP contribution in [0.1, 0.15) is 49.3 Å². The Morgan fingerprint density at radius 1 is 1.13 bits per heavy atom. The van der Waals surface area contributed by atoms with Crippen molar-refractivity contribution in [2.45, 2.75) is 45.4 Å². The topological polar surface area (TPSA) is 17.1 Å². The van der Waals surface area contributed by atoms with Gasteiger partial charge in [-0.1, -0.05) is 32.0 Å². The van der Waals surface area contributed by atoms with E-state index in [0.29, 0.717) is 18.1 Å². The number of carbonyl (C=O) groups excluding carboxylic acids is 1. The minimum Gasteiger partial charge on any atom is -0.299 e. The summed E-state index contributed by atoms with van der Waals surface area (Å²) in [6, 6.07) is 6.64. The predicted octanol–water partition coefficient (Wildman–Crippen LogP) is 3.26. The van der Waals surface area contributed by atoms with Crippen LogP contribution in [0.4, 0.5) is 0 Å². The summed E-state index contributed by atoms with van der Waals surface area (Å²) in [7, 11) is 0. The molecule has 0 aliphatic heterocycles. The van der Waals surface area contributed by atoms with Crippen molar-refractivity contribution >= 4 is 5.78 Å². The fourth-order valence-electron chi connectivity index (χ4n) is 2.19. The molecule has 0 heterocycles. The first-order chi connectivity index (χ1) is 7.16. The molecule has 0 saturated carbocycles. The Morgan fingerprint density at radius 2 is 1.93 bits per heavy atom. The van der Waals surface area contributed by atoms with Gasteiger partial charge in [0, 0.05) is 12.8 Å². The van der Waals surface area contributed by atoms with Crippen molar-refractivity contribution in [3.05, 3.63) is 34.9 Å². The van der Waals surface area contributed by atoms with E-state index >= 15 is 0 Å². The van der Waals surface area contributed by atoms with Crippen molar-refractivity contribution in [2.24, 2.45) is 0 Å². The largest absolute Gasteiger partial charge is 0.299 e. The molecule has 1 heteroatoms. The molecule has 0 unspecified atom stereocenters. The first-order valence-electron chi connectivity index (χ1n) is 5.80. The van der Waals surface area contributed by atoms with Gasteiger partial charge in [0.1, 0.15) is 5.78 Å². The SMILES string of the molecule is CC(C)c1ccc2c(c1)CC(=O)CCC2. The smallest absolute Gasteiger partial charge is 0.137 e. The molecule has 0 atom stereocenters. The van der Waals surface area contributed by atoms with Crippen LogP contribution in [0.5, 0.6) is 0 Å². The van der Waals surface area contributed by atoms with Crippen LogP contribution in [0.2, 0.25) is 0 Å². The fourth-order valence-corrected chi connectivity index (χ4v) is 2.19. The molecule has 0 fully saturated rings. The number of fused-ring (bicyclic) bond motifs is 1. The van der Waals surface area contributed by atoms with Crippen LogP contribution in [-0.4, -0.2) is 5.78 Å². The third-order valence-corrected chi connectivity index (χ3v) is 3.19. The van der Waals surface area contributed by atoms with E-state index in [9.17, 15) is 4.79 Å². The first kappa shape index (κ1) is 10.4. The van der Waals surface area contributed by atoms with E-state index in [-0.39, 0.29) is 0 Å². The highest BCUT2D eigenvalue weighted by atomic mass is 16.1. The van der Waals surface area contributed by atoms with E-state index < -0.39 is 0 Å². The molecule has 1 aromatic carbocycles. The van der Waals surface area contributed by atoms with Crippen LogP contribution in [0.25, 0.3) is 0 Å². The van der Waals surface area contributed by atoms with Gasteiger partial charge in [-0.3, -0.25) is 4.79 Å². The second kappa shape index (κ2) is 4.18. The number of rotatable bonds is 1. The quantitative estimate of drug-likeness (QED) is 0.639. The Labute approximate surface area is 91.5 Å². The maximum Gasteiger partial charge on any atom is 0.137 e. The Balaban J connectivity index is 2.37. The molecule has 0 aromatic heterocycles. The zero-order valence-corrected chi connectivity index (χ0v) is 9.55. The highest BCUT2D eigenvalue weighted by molar-refractivity contribution is 5.81. The average Bonchev–Trinajstić information content (AvgIpc) is 2.37. The van der Waals surface area contributed by atoms with Crippen molar-refractivity contribution in [1.29, 1.82) is 0 Å². The number of ketones is 1. The van der Waals surface area contributed by atoms with Crippen LogP contribution in [0, 0.1) is 0 Å². The van der Waals surface area contributed by atoms with E-state index in [1.807, 2.05) is 0 Å². The number of hydrogen-bond acceptors (Lipinski definition) is 1. The van der Waals surface area contributed by atoms with E-state index in [4.69, 9.17) is 0 Å². The van der Waals surface area contributed by atoms with Crippen LogP contribution in [0.3, 0.4) is 0 Å². The molecule has 1 aromatic rings. The van der Waals surface area contributed by atoms with Crippen LogP contribution in [-0.2, 0) is 17.6 Å². The lowest BCUT2D eigenvalue weighted by Gasteiger charge is -2.10. The molecule has 0 spiro atoms. The number of benzene rings is 1. The van der Waals surface area contributed by atoms with Crippen LogP contribution in [0.15, 0.2) is 18.2 Å². The zero-order valence-electron chi connectivity index (χ0n) is 9.55. The van der Waals surface area contributed by atoms with Gasteiger partial charge in [0.2, 0.25) is 0 Å². The minimum absolute atomic E-state index is 0.398. The summed E-state index contributed by atoms with van der Waals surface area (Å²) in [6.45, 7) is 4.39.